The molecule has 2 rings (SSSR count). The molecule has 0 saturated carbocycles. The van der Waals surface area contributed by atoms with Gasteiger partial charge in [-0.15, -0.1) is 0 Å². The van der Waals surface area contributed by atoms with Gasteiger partial charge in [-0.3, -0.25) is 0 Å². The molecule has 0 aromatic heterocycles. The van der Waals surface area contributed by atoms with Crippen molar-refractivity contribution in [2.24, 2.45) is 0 Å². The largest absolute Gasteiger partial charge is 0.496 e. The standard InChI is InChI=1S/C16H25NO3/c1-3-17-15(12-19-11-13-7-6-10-20-13)14-8-4-5-9-16(14)18-2/h4-5,8-9,13,15,17H,3,6-7,10-12H2,1-2H3. The van der Waals surface area contributed by atoms with Crippen LogP contribution in [0.1, 0.15) is 31.4 Å². The molecule has 112 valence electrons. The first-order valence-electron chi connectivity index (χ1n) is 7.40. The number of likely N-dealkylation sites (N-methyl/N-ethyl adjacent to an activating group) is 1. The molecule has 20 heavy (non-hydrogen) atoms. The lowest BCUT2D eigenvalue weighted by Crippen LogP contribution is -2.27. The van der Waals surface area contributed by atoms with Gasteiger partial charge in [0.05, 0.1) is 32.5 Å². The number of rotatable bonds is 8. The summed E-state index contributed by atoms with van der Waals surface area (Å²) in [6.45, 7) is 5.18. The van der Waals surface area contributed by atoms with Crippen molar-refractivity contribution in [3.8, 4) is 5.75 Å². The summed E-state index contributed by atoms with van der Waals surface area (Å²) in [4.78, 5) is 0. The van der Waals surface area contributed by atoms with E-state index >= 15 is 0 Å². The minimum absolute atomic E-state index is 0.151. The number of para-hydroxylation sites is 1. The van der Waals surface area contributed by atoms with Crippen LogP contribution in [0, 0.1) is 0 Å². The van der Waals surface area contributed by atoms with Gasteiger partial charge in [0.15, 0.2) is 0 Å². The van der Waals surface area contributed by atoms with E-state index in [2.05, 4.69) is 18.3 Å². The van der Waals surface area contributed by atoms with E-state index in [0.717, 1.165) is 37.3 Å². The molecule has 1 aliphatic rings. The monoisotopic (exact) mass is 279 g/mol. The topological polar surface area (TPSA) is 39.7 Å². The van der Waals surface area contributed by atoms with Gasteiger partial charge in [-0.25, -0.2) is 0 Å². The number of nitrogens with one attached hydrogen (secondary N) is 1. The van der Waals surface area contributed by atoms with Gasteiger partial charge < -0.3 is 19.5 Å². The predicted molar refractivity (Wildman–Crippen MR) is 79.2 cm³/mol. The highest BCUT2D eigenvalue weighted by atomic mass is 16.5. The molecule has 1 aliphatic heterocycles. The van der Waals surface area contributed by atoms with Crippen molar-refractivity contribution in [3.05, 3.63) is 29.8 Å². The number of hydrogen-bond acceptors (Lipinski definition) is 4. The molecule has 2 unspecified atom stereocenters. The van der Waals surface area contributed by atoms with Crippen molar-refractivity contribution in [2.45, 2.75) is 31.9 Å². The molecule has 1 saturated heterocycles. The van der Waals surface area contributed by atoms with Crippen LogP contribution < -0.4 is 10.1 Å². The summed E-state index contributed by atoms with van der Waals surface area (Å²) < 4.78 is 16.9. The lowest BCUT2D eigenvalue weighted by atomic mass is 10.1. The molecule has 2 atom stereocenters. The first-order valence-corrected chi connectivity index (χ1v) is 7.40. The normalized spacial score (nSPS) is 20.0. The van der Waals surface area contributed by atoms with Gasteiger partial charge >= 0.3 is 0 Å². The minimum atomic E-state index is 0.151. The fourth-order valence-corrected chi connectivity index (χ4v) is 2.55. The Kier molecular flexibility index (Phi) is 6.30. The summed E-state index contributed by atoms with van der Waals surface area (Å²) in [6.07, 6.45) is 2.53. The van der Waals surface area contributed by atoms with Crippen LogP contribution in [-0.2, 0) is 9.47 Å². The Hall–Kier alpha value is -1.10. The highest BCUT2D eigenvalue weighted by Gasteiger charge is 2.18. The zero-order valence-corrected chi connectivity index (χ0v) is 12.4. The molecule has 1 aromatic carbocycles. The lowest BCUT2D eigenvalue weighted by Gasteiger charge is -2.21. The van der Waals surface area contributed by atoms with E-state index in [-0.39, 0.29) is 12.1 Å². The molecule has 4 heteroatoms. The number of benzene rings is 1. The van der Waals surface area contributed by atoms with E-state index in [1.54, 1.807) is 7.11 Å². The SMILES string of the molecule is CCNC(COCC1CCCO1)c1ccccc1OC. The first-order chi connectivity index (χ1) is 9.85. The third kappa shape index (κ3) is 4.20. The molecule has 0 spiro atoms. The third-order valence-corrected chi connectivity index (χ3v) is 3.58. The van der Waals surface area contributed by atoms with Crippen LogP contribution in [0.2, 0.25) is 0 Å². The molecule has 1 heterocycles. The van der Waals surface area contributed by atoms with Crippen LogP contribution in [0.3, 0.4) is 0 Å². The Morgan fingerprint density at radius 3 is 2.95 bits per heavy atom. The predicted octanol–water partition coefficient (Wildman–Crippen LogP) is 2.54. The lowest BCUT2D eigenvalue weighted by molar-refractivity contribution is 0.00992. The average Bonchev–Trinajstić information content (AvgIpc) is 2.99. The second-order valence-corrected chi connectivity index (χ2v) is 5.02. The average molecular weight is 279 g/mol. The Bertz CT molecular complexity index is 391. The van der Waals surface area contributed by atoms with Crippen LogP contribution >= 0.6 is 0 Å². The first kappa shape index (κ1) is 15.3. The number of methoxy groups -OCH3 is 1. The zero-order valence-electron chi connectivity index (χ0n) is 12.4. The molecule has 1 fully saturated rings. The fraction of sp³-hybridized carbons (Fsp3) is 0.625. The summed E-state index contributed by atoms with van der Waals surface area (Å²) in [6, 6.07) is 8.24. The fourth-order valence-electron chi connectivity index (χ4n) is 2.55. The summed E-state index contributed by atoms with van der Waals surface area (Å²) in [5.74, 6) is 0.902. The van der Waals surface area contributed by atoms with Crippen LogP contribution in [0.4, 0.5) is 0 Å². The second-order valence-electron chi connectivity index (χ2n) is 5.02. The molecule has 0 aliphatic carbocycles. The van der Waals surface area contributed by atoms with E-state index in [0.29, 0.717) is 13.2 Å². The molecule has 0 amide bonds. The van der Waals surface area contributed by atoms with E-state index in [1.165, 1.54) is 0 Å². The van der Waals surface area contributed by atoms with Gasteiger partial charge in [-0.1, -0.05) is 25.1 Å². The van der Waals surface area contributed by atoms with Gasteiger partial charge in [0.1, 0.15) is 5.75 Å². The van der Waals surface area contributed by atoms with Crippen molar-refractivity contribution in [1.29, 1.82) is 0 Å². The highest BCUT2D eigenvalue weighted by molar-refractivity contribution is 5.35. The van der Waals surface area contributed by atoms with Crippen LogP contribution in [0.15, 0.2) is 24.3 Å². The minimum Gasteiger partial charge on any atom is -0.496 e. The maximum absolute atomic E-state index is 5.84. The van der Waals surface area contributed by atoms with Crippen molar-refractivity contribution in [1.82, 2.24) is 5.32 Å². The van der Waals surface area contributed by atoms with Gasteiger partial charge in [0.2, 0.25) is 0 Å². The molecule has 1 N–H and O–H groups in total. The van der Waals surface area contributed by atoms with Crippen molar-refractivity contribution in [3.63, 3.8) is 0 Å². The van der Waals surface area contributed by atoms with Crippen molar-refractivity contribution in [2.75, 3.05) is 33.5 Å². The molecule has 0 radical (unpaired) electrons. The van der Waals surface area contributed by atoms with Gasteiger partial charge in [0.25, 0.3) is 0 Å². The molecular formula is C16H25NO3. The highest BCUT2D eigenvalue weighted by Crippen LogP contribution is 2.25. The van der Waals surface area contributed by atoms with E-state index in [4.69, 9.17) is 14.2 Å². The van der Waals surface area contributed by atoms with E-state index in [9.17, 15) is 0 Å². The maximum atomic E-state index is 5.84. The molecular weight excluding hydrogens is 254 g/mol. The summed E-state index contributed by atoms with van der Waals surface area (Å²) in [5.41, 5.74) is 1.14. The van der Waals surface area contributed by atoms with Crippen LogP contribution in [0.5, 0.6) is 5.75 Å². The van der Waals surface area contributed by atoms with Gasteiger partial charge in [-0.2, -0.15) is 0 Å². The Morgan fingerprint density at radius 2 is 2.25 bits per heavy atom. The summed E-state index contributed by atoms with van der Waals surface area (Å²) in [7, 11) is 1.70. The van der Waals surface area contributed by atoms with Gasteiger partial charge in [-0.05, 0) is 25.5 Å². The summed E-state index contributed by atoms with van der Waals surface area (Å²) >= 11 is 0. The molecule has 4 nitrogen and oxygen atoms in total. The van der Waals surface area contributed by atoms with Crippen LogP contribution in [-0.4, -0.2) is 39.6 Å². The maximum Gasteiger partial charge on any atom is 0.123 e. The zero-order chi connectivity index (χ0) is 14.2. The second kappa shape index (κ2) is 8.25. The number of hydrogen-bond donors (Lipinski definition) is 1. The summed E-state index contributed by atoms with van der Waals surface area (Å²) in [5, 5.41) is 3.45. The van der Waals surface area contributed by atoms with Gasteiger partial charge in [0, 0.05) is 12.2 Å². The molecule has 0 bridgehead atoms. The quantitative estimate of drug-likeness (QED) is 0.794. The molecule has 1 aromatic rings. The van der Waals surface area contributed by atoms with Crippen molar-refractivity contribution >= 4 is 0 Å². The Balaban J connectivity index is 1.91. The Labute approximate surface area is 121 Å². The van der Waals surface area contributed by atoms with Crippen molar-refractivity contribution < 1.29 is 14.2 Å². The van der Waals surface area contributed by atoms with E-state index in [1.807, 2.05) is 18.2 Å². The van der Waals surface area contributed by atoms with Crippen LogP contribution in [0.25, 0.3) is 0 Å². The number of ether oxygens (including phenoxy) is 3. The van der Waals surface area contributed by atoms with E-state index < -0.39 is 0 Å². The Morgan fingerprint density at radius 1 is 1.40 bits per heavy atom. The third-order valence-electron chi connectivity index (χ3n) is 3.58. The smallest absolute Gasteiger partial charge is 0.123 e.